The summed E-state index contributed by atoms with van der Waals surface area (Å²) in [6.07, 6.45) is 3.51. The lowest BCUT2D eigenvalue weighted by Crippen LogP contribution is -2.35. The topological polar surface area (TPSA) is 49.8 Å². The molecule has 1 saturated carbocycles. The highest BCUT2D eigenvalue weighted by molar-refractivity contribution is 5.76. The van der Waals surface area contributed by atoms with E-state index in [0.29, 0.717) is 32.2 Å². The van der Waals surface area contributed by atoms with Gasteiger partial charge in [-0.25, -0.2) is 0 Å². The molecule has 0 aromatic heterocycles. The van der Waals surface area contributed by atoms with E-state index in [2.05, 4.69) is 0 Å². The minimum absolute atomic E-state index is 0.0632. The second-order valence-corrected chi connectivity index (χ2v) is 3.84. The summed E-state index contributed by atoms with van der Waals surface area (Å²) < 4.78 is 5.18. The third-order valence-electron chi connectivity index (χ3n) is 2.53. The quantitative estimate of drug-likeness (QED) is 0.609. The van der Waals surface area contributed by atoms with Gasteiger partial charge in [-0.05, 0) is 26.2 Å². The molecule has 0 unspecified atom stereocenters. The molecule has 0 saturated heterocycles. The molecule has 0 heterocycles. The highest BCUT2D eigenvalue weighted by atomic mass is 16.5. The van der Waals surface area contributed by atoms with Crippen LogP contribution in [0.5, 0.6) is 0 Å². The molecular formula is C11H21NO3. The van der Waals surface area contributed by atoms with E-state index in [0.717, 1.165) is 19.3 Å². The van der Waals surface area contributed by atoms with Crippen LogP contribution in [0.4, 0.5) is 0 Å². The number of amides is 1. The first-order valence-electron chi connectivity index (χ1n) is 5.77. The molecule has 1 fully saturated rings. The van der Waals surface area contributed by atoms with Crippen molar-refractivity contribution in [2.24, 2.45) is 0 Å². The number of hydrogen-bond donors (Lipinski definition) is 1. The Kier molecular flexibility index (Phi) is 5.65. The lowest BCUT2D eigenvalue weighted by molar-refractivity contribution is -0.132. The maximum atomic E-state index is 11.7. The van der Waals surface area contributed by atoms with Gasteiger partial charge in [0.05, 0.1) is 6.61 Å². The highest BCUT2D eigenvalue weighted by Crippen LogP contribution is 2.27. The van der Waals surface area contributed by atoms with Crippen LogP contribution >= 0.6 is 0 Å². The molecule has 1 amide bonds. The summed E-state index contributed by atoms with van der Waals surface area (Å²) in [4.78, 5) is 13.5. The summed E-state index contributed by atoms with van der Waals surface area (Å²) in [6.45, 7) is 3.85. The van der Waals surface area contributed by atoms with E-state index in [-0.39, 0.29) is 12.5 Å². The minimum atomic E-state index is 0.0632. The zero-order valence-electron chi connectivity index (χ0n) is 9.45. The van der Waals surface area contributed by atoms with Gasteiger partial charge < -0.3 is 14.7 Å². The predicted molar refractivity (Wildman–Crippen MR) is 57.5 cm³/mol. The molecule has 4 nitrogen and oxygen atoms in total. The van der Waals surface area contributed by atoms with Crippen molar-refractivity contribution in [2.45, 2.75) is 38.6 Å². The highest BCUT2D eigenvalue weighted by Gasteiger charge is 2.31. The van der Waals surface area contributed by atoms with Crippen molar-refractivity contribution in [2.75, 3.05) is 26.4 Å². The molecule has 1 rings (SSSR count). The minimum Gasteiger partial charge on any atom is -0.395 e. The van der Waals surface area contributed by atoms with E-state index < -0.39 is 0 Å². The number of nitrogens with zero attached hydrogens (tertiary/aromatic N) is 1. The van der Waals surface area contributed by atoms with Crippen molar-refractivity contribution in [3.63, 3.8) is 0 Å². The molecular weight excluding hydrogens is 194 g/mol. The Hall–Kier alpha value is -0.610. The van der Waals surface area contributed by atoms with Gasteiger partial charge in [-0.3, -0.25) is 4.79 Å². The number of carbonyl (C=O) groups excluding carboxylic acids is 1. The summed E-state index contributed by atoms with van der Waals surface area (Å²) in [5.41, 5.74) is 0. The second kappa shape index (κ2) is 6.80. The van der Waals surface area contributed by atoms with Gasteiger partial charge in [0.15, 0.2) is 0 Å². The van der Waals surface area contributed by atoms with Crippen LogP contribution in [-0.4, -0.2) is 48.3 Å². The molecule has 1 aliphatic carbocycles. The Bertz CT molecular complexity index is 192. The molecule has 1 N–H and O–H groups in total. The normalized spacial score (nSPS) is 15.3. The van der Waals surface area contributed by atoms with Gasteiger partial charge in [0.1, 0.15) is 0 Å². The zero-order valence-corrected chi connectivity index (χ0v) is 9.45. The second-order valence-electron chi connectivity index (χ2n) is 3.84. The van der Waals surface area contributed by atoms with Crippen molar-refractivity contribution in [1.29, 1.82) is 0 Å². The molecule has 0 aliphatic heterocycles. The van der Waals surface area contributed by atoms with Crippen LogP contribution in [-0.2, 0) is 9.53 Å². The number of rotatable bonds is 8. The monoisotopic (exact) mass is 215 g/mol. The van der Waals surface area contributed by atoms with Crippen LogP contribution in [0.3, 0.4) is 0 Å². The third kappa shape index (κ3) is 4.62. The van der Waals surface area contributed by atoms with Crippen LogP contribution < -0.4 is 0 Å². The number of carbonyl (C=O) groups is 1. The molecule has 0 atom stereocenters. The van der Waals surface area contributed by atoms with Crippen molar-refractivity contribution in [3.05, 3.63) is 0 Å². The van der Waals surface area contributed by atoms with Gasteiger partial charge in [0.25, 0.3) is 0 Å². The van der Waals surface area contributed by atoms with Crippen LogP contribution in [0.25, 0.3) is 0 Å². The first-order valence-corrected chi connectivity index (χ1v) is 5.77. The summed E-state index contributed by atoms with van der Waals surface area (Å²) in [6, 6.07) is 0.400. The third-order valence-corrected chi connectivity index (χ3v) is 2.53. The number of aliphatic hydroxyl groups is 1. The largest absolute Gasteiger partial charge is 0.395 e. The van der Waals surface area contributed by atoms with Crippen LogP contribution in [0, 0.1) is 0 Å². The van der Waals surface area contributed by atoms with Crippen LogP contribution in [0.1, 0.15) is 32.6 Å². The molecule has 0 aromatic carbocycles. The first-order chi connectivity index (χ1) is 7.29. The average molecular weight is 215 g/mol. The number of ether oxygens (including phenoxy) is 1. The van der Waals surface area contributed by atoms with Gasteiger partial charge in [-0.2, -0.15) is 0 Å². The smallest absolute Gasteiger partial charge is 0.222 e. The van der Waals surface area contributed by atoms with E-state index in [9.17, 15) is 4.79 Å². The summed E-state index contributed by atoms with van der Waals surface area (Å²) in [7, 11) is 0. The van der Waals surface area contributed by atoms with Gasteiger partial charge in [0, 0.05) is 32.2 Å². The molecule has 0 radical (unpaired) electrons. The SMILES string of the molecule is CCOCCCC(=O)N(CCO)C1CC1. The average Bonchev–Trinajstić information content (AvgIpc) is 3.04. The fraction of sp³-hybridized carbons (Fsp3) is 0.909. The fourth-order valence-electron chi connectivity index (χ4n) is 1.62. The van der Waals surface area contributed by atoms with E-state index >= 15 is 0 Å². The molecule has 0 aromatic rings. The Morgan fingerprint density at radius 1 is 1.53 bits per heavy atom. The van der Waals surface area contributed by atoms with Crippen LogP contribution in [0.2, 0.25) is 0 Å². The van der Waals surface area contributed by atoms with Gasteiger partial charge in [-0.15, -0.1) is 0 Å². The first kappa shape index (κ1) is 12.5. The molecule has 4 heteroatoms. The van der Waals surface area contributed by atoms with Crippen molar-refractivity contribution in [1.82, 2.24) is 4.90 Å². The van der Waals surface area contributed by atoms with Gasteiger partial charge >= 0.3 is 0 Å². The summed E-state index contributed by atoms with van der Waals surface area (Å²) in [5, 5.41) is 8.85. The standard InChI is InChI=1S/C11H21NO3/c1-2-15-9-3-4-11(14)12(7-8-13)10-5-6-10/h10,13H,2-9H2,1H3. The summed E-state index contributed by atoms with van der Waals surface area (Å²) in [5.74, 6) is 0.159. The lowest BCUT2D eigenvalue weighted by Gasteiger charge is -2.21. The predicted octanol–water partition coefficient (Wildman–Crippen LogP) is 0.786. The number of hydrogen-bond acceptors (Lipinski definition) is 3. The summed E-state index contributed by atoms with van der Waals surface area (Å²) >= 11 is 0. The Morgan fingerprint density at radius 3 is 2.80 bits per heavy atom. The lowest BCUT2D eigenvalue weighted by atomic mass is 10.3. The Labute approximate surface area is 91.2 Å². The Morgan fingerprint density at radius 2 is 2.27 bits per heavy atom. The number of aliphatic hydroxyl groups excluding tert-OH is 1. The molecule has 0 bridgehead atoms. The van der Waals surface area contributed by atoms with Gasteiger partial charge in [0.2, 0.25) is 5.91 Å². The van der Waals surface area contributed by atoms with Crippen molar-refractivity contribution < 1.29 is 14.6 Å². The molecule has 15 heavy (non-hydrogen) atoms. The Balaban J connectivity index is 2.17. The van der Waals surface area contributed by atoms with Crippen LogP contribution in [0.15, 0.2) is 0 Å². The maximum absolute atomic E-state index is 11.7. The fourth-order valence-corrected chi connectivity index (χ4v) is 1.62. The van der Waals surface area contributed by atoms with Gasteiger partial charge in [-0.1, -0.05) is 0 Å². The van der Waals surface area contributed by atoms with Crippen molar-refractivity contribution in [3.8, 4) is 0 Å². The van der Waals surface area contributed by atoms with E-state index in [1.807, 2.05) is 11.8 Å². The van der Waals surface area contributed by atoms with E-state index in [1.165, 1.54) is 0 Å². The van der Waals surface area contributed by atoms with E-state index in [4.69, 9.17) is 9.84 Å². The molecule has 0 spiro atoms. The van der Waals surface area contributed by atoms with Crippen molar-refractivity contribution >= 4 is 5.91 Å². The maximum Gasteiger partial charge on any atom is 0.222 e. The zero-order chi connectivity index (χ0) is 11.1. The van der Waals surface area contributed by atoms with E-state index in [1.54, 1.807) is 0 Å². The molecule has 88 valence electrons. The molecule has 1 aliphatic rings.